The molecule has 1 aliphatic carbocycles. The molecular weight excluding hydrogens is 384 g/mol. The lowest BCUT2D eigenvalue weighted by atomic mass is 9.67. The highest BCUT2D eigenvalue weighted by molar-refractivity contribution is 5.76. The van der Waals surface area contributed by atoms with Gasteiger partial charge in [0.1, 0.15) is 0 Å². The van der Waals surface area contributed by atoms with E-state index in [2.05, 4.69) is 47.9 Å². The van der Waals surface area contributed by atoms with Crippen molar-refractivity contribution in [3.05, 3.63) is 89.3 Å². The van der Waals surface area contributed by atoms with Gasteiger partial charge in [-0.2, -0.15) is 0 Å². The van der Waals surface area contributed by atoms with Crippen molar-refractivity contribution in [1.29, 1.82) is 0 Å². The third-order valence-corrected chi connectivity index (χ3v) is 7.29. The van der Waals surface area contributed by atoms with E-state index in [0.717, 1.165) is 28.3 Å². The molecule has 0 radical (unpaired) electrons. The second-order valence-electron chi connectivity index (χ2n) is 9.38. The molecule has 0 bridgehead atoms. The number of allylic oxidation sites excluding steroid dienone is 2. The molecule has 2 aromatic rings. The Morgan fingerprint density at radius 2 is 1.39 bits per heavy atom. The summed E-state index contributed by atoms with van der Waals surface area (Å²) in [7, 11) is 4.01. The summed E-state index contributed by atoms with van der Waals surface area (Å²) < 4.78 is 0. The average Bonchev–Trinajstić information content (AvgIpc) is 2.97. The van der Waals surface area contributed by atoms with Crippen LogP contribution in [0.25, 0.3) is 6.08 Å². The summed E-state index contributed by atoms with van der Waals surface area (Å²) in [6, 6.07) is 16.4. The summed E-state index contributed by atoms with van der Waals surface area (Å²) in [4.78, 5) is 4.19. The number of likely N-dealkylation sites (N-methyl/N-ethyl adjacent to an activating group) is 2. The highest BCUT2D eigenvalue weighted by Gasteiger charge is 2.41. The number of benzene rings is 2. The number of fused-ring (bicyclic) bond motifs is 2. The molecule has 2 heterocycles. The zero-order chi connectivity index (χ0) is 21.9. The maximum absolute atomic E-state index is 13.1. The van der Waals surface area contributed by atoms with Gasteiger partial charge in [-0.1, -0.05) is 68.5 Å². The fraction of sp³-hybridized carbons (Fsp3) is 0.333. The minimum atomic E-state index is -0.922. The second-order valence-corrected chi connectivity index (χ2v) is 9.38. The molecule has 2 aromatic carbocycles. The Hall–Kier alpha value is -2.82. The van der Waals surface area contributed by atoms with E-state index in [1.165, 1.54) is 5.56 Å². The van der Waals surface area contributed by atoms with Crippen molar-refractivity contribution in [2.24, 2.45) is 11.8 Å². The normalized spacial score (nSPS) is 31.0. The van der Waals surface area contributed by atoms with E-state index in [0.29, 0.717) is 0 Å². The summed E-state index contributed by atoms with van der Waals surface area (Å²) in [5, 5.41) is 26.2. The van der Waals surface area contributed by atoms with E-state index in [1.54, 1.807) is 0 Å². The van der Waals surface area contributed by atoms with Crippen molar-refractivity contribution < 1.29 is 10.2 Å². The fourth-order valence-corrected chi connectivity index (χ4v) is 5.33. The van der Waals surface area contributed by atoms with Crippen LogP contribution in [0, 0.1) is 11.8 Å². The van der Waals surface area contributed by atoms with Crippen LogP contribution in [-0.2, 0) is 5.41 Å². The van der Waals surface area contributed by atoms with Crippen molar-refractivity contribution in [1.82, 2.24) is 0 Å². The SMILES string of the molecule is CN1C(=CC2C([O-])C(C=C3N(C)c4ccccc4C3(C)C)C2[O-])C=Cc2ccccc21. The third kappa shape index (κ3) is 2.97. The average molecular weight is 413 g/mol. The lowest BCUT2D eigenvalue weighted by Gasteiger charge is -2.60. The van der Waals surface area contributed by atoms with E-state index >= 15 is 0 Å². The van der Waals surface area contributed by atoms with Crippen LogP contribution in [0.1, 0.15) is 25.0 Å². The molecule has 2 atom stereocenters. The van der Waals surface area contributed by atoms with Crippen LogP contribution >= 0.6 is 0 Å². The molecule has 1 saturated carbocycles. The van der Waals surface area contributed by atoms with Crippen molar-refractivity contribution >= 4 is 17.5 Å². The summed E-state index contributed by atoms with van der Waals surface area (Å²) in [6.07, 6.45) is 6.04. The highest BCUT2D eigenvalue weighted by atomic mass is 16.3. The van der Waals surface area contributed by atoms with E-state index in [-0.39, 0.29) is 5.41 Å². The molecule has 5 rings (SSSR count). The molecule has 1 fully saturated rings. The first kappa shape index (κ1) is 20.1. The van der Waals surface area contributed by atoms with Gasteiger partial charge in [0.15, 0.2) is 0 Å². The van der Waals surface area contributed by atoms with Gasteiger partial charge in [0.05, 0.1) is 0 Å². The van der Waals surface area contributed by atoms with Crippen LogP contribution in [0.2, 0.25) is 0 Å². The number of rotatable bonds is 2. The van der Waals surface area contributed by atoms with E-state index in [1.807, 2.05) is 62.7 Å². The van der Waals surface area contributed by atoms with Crippen LogP contribution in [0.4, 0.5) is 11.4 Å². The second kappa shape index (κ2) is 7.11. The minimum absolute atomic E-state index is 0.218. The minimum Gasteiger partial charge on any atom is -0.851 e. The van der Waals surface area contributed by atoms with Crippen molar-refractivity contribution in [3.63, 3.8) is 0 Å². The Kier molecular flexibility index (Phi) is 4.61. The number of para-hydroxylation sites is 2. The summed E-state index contributed by atoms with van der Waals surface area (Å²) in [5.41, 5.74) is 6.36. The van der Waals surface area contributed by atoms with Crippen LogP contribution in [0.15, 0.2) is 78.2 Å². The number of hydrogen-bond acceptors (Lipinski definition) is 4. The van der Waals surface area contributed by atoms with Gasteiger partial charge in [-0.05, 0) is 41.2 Å². The van der Waals surface area contributed by atoms with Gasteiger partial charge in [-0.15, -0.1) is 12.2 Å². The van der Waals surface area contributed by atoms with E-state index in [4.69, 9.17) is 0 Å². The molecule has 0 spiro atoms. The molecule has 2 unspecified atom stereocenters. The van der Waals surface area contributed by atoms with Gasteiger partial charge >= 0.3 is 0 Å². The summed E-state index contributed by atoms with van der Waals surface area (Å²) in [5.74, 6) is -1.01. The molecule has 0 N–H and O–H groups in total. The van der Waals surface area contributed by atoms with Gasteiger partial charge < -0.3 is 20.0 Å². The molecule has 3 aliphatic rings. The zero-order valence-electron chi connectivity index (χ0n) is 18.4. The van der Waals surface area contributed by atoms with Gasteiger partial charge in [0, 0.05) is 42.3 Å². The van der Waals surface area contributed by atoms with Crippen molar-refractivity contribution in [2.45, 2.75) is 31.5 Å². The first-order valence-electron chi connectivity index (χ1n) is 10.9. The fourth-order valence-electron chi connectivity index (χ4n) is 5.33. The Morgan fingerprint density at radius 1 is 0.774 bits per heavy atom. The Balaban J connectivity index is 1.39. The first-order chi connectivity index (χ1) is 14.8. The Morgan fingerprint density at radius 3 is 2.10 bits per heavy atom. The maximum atomic E-state index is 13.1. The molecule has 0 aromatic heterocycles. The first-order valence-corrected chi connectivity index (χ1v) is 10.9. The molecule has 4 nitrogen and oxygen atoms in total. The van der Waals surface area contributed by atoms with Gasteiger partial charge in [-0.25, -0.2) is 0 Å². The molecule has 2 aliphatic heterocycles. The zero-order valence-corrected chi connectivity index (χ0v) is 18.4. The molecule has 4 heteroatoms. The summed E-state index contributed by atoms with van der Waals surface area (Å²) in [6.45, 7) is 4.33. The molecule has 0 amide bonds. The number of anilines is 2. The van der Waals surface area contributed by atoms with Gasteiger partial charge in [0.25, 0.3) is 0 Å². The van der Waals surface area contributed by atoms with E-state index in [9.17, 15) is 10.2 Å². The molecule has 31 heavy (non-hydrogen) atoms. The maximum Gasteiger partial charge on any atom is 0.0481 e. The molecule has 0 saturated heterocycles. The number of hydrogen-bond donors (Lipinski definition) is 0. The standard InChI is InChI=1S/C27H28N2O2/c1-27(2)21-10-6-8-12-23(21)29(4)24(27)16-20-25(30)19(26(20)31)15-18-14-13-17-9-5-7-11-22(17)28(18)3/h5-16,19-20,25-26H,1-4H3/q-2. The van der Waals surface area contributed by atoms with Gasteiger partial charge in [0.2, 0.25) is 0 Å². The molecular formula is C27H28N2O2-2. The van der Waals surface area contributed by atoms with Crippen LogP contribution < -0.4 is 20.0 Å². The van der Waals surface area contributed by atoms with Crippen molar-refractivity contribution in [2.75, 3.05) is 23.9 Å². The Bertz CT molecular complexity index is 1100. The van der Waals surface area contributed by atoms with Crippen LogP contribution in [0.3, 0.4) is 0 Å². The van der Waals surface area contributed by atoms with Gasteiger partial charge in [-0.3, -0.25) is 0 Å². The lowest BCUT2D eigenvalue weighted by Crippen LogP contribution is -2.66. The largest absolute Gasteiger partial charge is 0.851 e. The predicted molar refractivity (Wildman–Crippen MR) is 122 cm³/mol. The quantitative estimate of drug-likeness (QED) is 0.761. The highest BCUT2D eigenvalue weighted by Crippen LogP contribution is 2.48. The predicted octanol–water partition coefficient (Wildman–Crippen LogP) is 3.05. The molecule has 160 valence electrons. The number of nitrogens with zero attached hydrogens (tertiary/aromatic N) is 2. The summed E-state index contributed by atoms with van der Waals surface area (Å²) >= 11 is 0. The van der Waals surface area contributed by atoms with Crippen molar-refractivity contribution in [3.8, 4) is 0 Å². The van der Waals surface area contributed by atoms with Crippen LogP contribution in [-0.4, -0.2) is 26.3 Å². The smallest absolute Gasteiger partial charge is 0.0481 e. The third-order valence-electron chi connectivity index (χ3n) is 7.29. The van der Waals surface area contributed by atoms with E-state index < -0.39 is 24.0 Å². The Labute approximate surface area is 184 Å². The topological polar surface area (TPSA) is 52.6 Å². The monoisotopic (exact) mass is 412 g/mol. The lowest BCUT2D eigenvalue weighted by molar-refractivity contribution is -0.550. The van der Waals surface area contributed by atoms with Crippen LogP contribution in [0.5, 0.6) is 0 Å².